The van der Waals surface area contributed by atoms with Gasteiger partial charge in [-0.2, -0.15) is 5.10 Å². The van der Waals surface area contributed by atoms with Crippen LogP contribution in [0.1, 0.15) is 27.0 Å². The third-order valence-electron chi connectivity index (χ3n) is 3.99. The number of benzene rings is 3. The number of methoxy groups -OCH3 is 1. The molecule has 0 unspecified atom stereocenters. The molecule has 0 aliphatic carbocycles. The van der Waals surface area contributed by atoms with E-state index in [2.05, 4.69) is 10.5 Å². The average Bonchev–Trinajstić information content (AvgIpc) is 2.70. The van der Waals surface area contributed by atoms with Gasteiger partial charge in [0, 0.05) is 16.7 Å². The molecule has 4 heteroatoms. The van der Waals surface area contributed by atoms with Crippen LogP contribution in [0.3, 0.4) is 0 Å². The van der Waals surface area contributed by atoms with E-state index < -0.39 is 0 Å². The van der Waals surface area contributed by atoms with Crippen molar-refractivity contribution in [1.29, 1.82) is 0 Å². The average molecular weight is 344 g/mol. The van der Waals surface area contributed by atoms with Gasteiger partial charge in [-0.1, -0.05) is 60.2 Å². The van der Waals surface area contributed by atoms with Gasteiger partial charge in [-0.15, -0.1) is 0 Å². The number of amides is 1. The first kappa shape index (κ1) is 17.4. The summed E-state index contributed by atoms with van der Waals surface area (Å²) in [7, 11) is 1.59. The van der Waals surface area contributed by atoms with Gasteiger partial charge >= 0.3 is 0 Å². The molecule has 130 valence electrons. The number of hydrogen-bond donors (Lipinski definition) is 1. The van der Waals surface area contributed by atoms with Crippen LogP contribution >= 0.6 is 0 Å². The molecule has 0 saturated carbocycles. The second kappa shape index (κ2) is 8.12. The van der Waals surface area contributed by atoms with E-state index >= 15 is 0 Å². The molecule has 3 rings (SSSR count). The molecular weight excluding hydrogens is 324 g/mol. The van der Waals surface area contributed by atoms with E-state index in [1.807, 2.05) is 61.5 Å². The number of hydrazone groups is 1. The molecule has 1 amide bonds. The number of nitrogens with one attached hydrogen (secondary N) is 1. The summed E-state index contributed by atoms with van der Waals surface area (Å²) in [4.78, 5) is 12.4. The molecule has 3 aromatic carbocycles. The van der Waals surface area contributed by atoms with Crippen LogP contribution in [0, 0.1) is 6.92 Å². The lowest BCUT2D eigenvalue weighted by Gasteiger charge is -2.09. The monoisotopic (exact) mass is 344 g/mol. The van der Waals surface area contributed by atoms with Gasteiger partial charge in [0.1, 0.15) is 5.75 Å². The van der Waals surface area contributed by atoms with Gasteiger partial charge in [0.2, 0.25) is 0 Å². The third kappa shape index (κ3) is 4.16. The first-order valence-corrected chi connectivity index (χ1v) is 8.32. The van der Waals surface area contributed by atoms with Crippen LogP contribution in [-0.2, 0) is 0 Å². The van der Waals surface area contributed by atoms with Crippen LogP contribution in [0.2, 0.25) is 0 Å². The number of ether oxygens (including phenoxy) is 1. The molecule has 0 fully saturated rings. The zero-order valence-corrected chi connectivity index (χ0v) is 14.8. The summed E-state index contributed by atoms with van der Waals surface area (Å²) in [5.74, 6) is 0.433. The largest absolute Gasteiger partial charge is 0.497 e. The molecule has 0 aromatic heterocycles. The maximum Gasteiger partial charge on any atom is 0.271 e. The van der Waals surface area contributed by atoms with Crippen molar-refractivity contribution in [3.05, 3.63) is 101 Å². The summed E-state index contributed by atoms with van der Waals surface area (Å²) in [6.07, 6.45) is 0. The standard InChI is InChI=1S/C22H20N2O2/c1-16-8-10-18(11-9-16)21(17-6-4-3-5-7-17)23-24-22(25)19-12-14-20(26-2)15-13-19/h3-15H,1-2H3,(H,24,25)/b23-21+. The van der Waals surface area contributed by atoms with Crippen molar-refractivity contribution in [3.63, 3.8) is 0 Å². The van der Waals surface area contributed by atoms with Gasteiger partial charge < -0.3 is 4.74 Å². The Balaban J connectivity index is 1.88. The maximum absolute atomic E-state index is 12.4. The molecule has 26 heavy (non-hydrogen) atoms. The van der Waals surface area contributed by atoms with E-state index in [1.165, 1.54) is 5.56 Å². The SMILES string of the molecule is COc1ccc(C(=O)N/N=C(\c2ccccc2)c2ccc(C)cc2)cc1. The number of rotatable bonds is 5. The number of nitrogens with zero attached hydrogens (tertiary/aromatic N) is 1. The lowest BCUT2D eigenvalue weighted by molar-refractivity contribution is 0.0955. The second-order valence-corrected chi connectivity index (χ2v) is 5.86. The molecule has 0 bridgehead atoms. The fourth-order valence-corrected chi connectivity index (χ4v) is 2.52. The van der Waals surface area contributed by atoms with Crippen molar-refractivity contribution in [2.24, 2.45) is 5.10 Å². The van der Waals surface area contributed by atoms with Crippen LogP contribution in [-0.4, -0.2) is 18.7 Å². The number of aryl methyl sites for hydroxylation is 1. The second-order valence-electron chi connectivity index (χ2n) is 5.86. The summed E-state index contributed by atoms with van der Waals surface area (Å²) < 4.78 is 5.11. The maximum atomic E-state index is 12.4. The van der Waals surface area contributed by atoms with Crippen LogP contribution < -0.4 is 10.2 Å². The highest BCUT2D eigenvalue weighted by Crippen LogP contribution is 2.13. The van der Waals surface area contributed by atoms with Crippen LogP contribution in [0.25, 0.3) is 0 Å². The van der Waals surface area contributed by atoms with Crippen molar-refractivity contribution in [2.75, 3.05) is 7.11 Å². The highest BCUT2D eigenvalue weighted by Gasteiger charge is 2.09. The van der Waals surface area contributed by atoms with E-state index in [0.29, 0.717) is 17.0 Å². The molecular formula is C22H20N2O2. The Morgan fingerprint density at radius 2 is 1.38 bits per heavy atom. The number of hydrogen-bond acceptors (Lipinski definition) is 3. The Kier molecular flexibility index (Phi) is 5.44. The van der Waals surface area contributed by atoms with Gasteiger partial charge in [-0.05, 0) is 31.2 Å². The Morgan fingerprint density at radius 1 is 0.808 bits per heavy atom. The highest BCUT2D eigenvalue weighted by atomic mass is 16.5. The van der Waals surface area contributed by atoms with Gasteiger partial charge in [0.05, 0.1) is 12.8 Å². The van der Waals surface area contributed by atoms with Crippen LogP contribution in [0.5, 0.6) is 5.75 Å². The van der Waals surface area contributed by atoms with Crippen molar-refractivity contribution >= 4 is 11.6 Å². The summed E-state index contributed by atoms with van der Waals surface area (Å²) in [5, 5.41) is 4.40. The topological polar surface area (TPSA) is 50.7 Å². The lowest BCUT2D eigenvalue weighted by Crippen LogP contribution is -2.20. The smallest absolute Gasteiger partial charge is 0.271 e. The summed E-state index contributed by atoms with van der Waals surface area (Å²) >= 11 is 0. The van der Waals surface area contributed by atoms with Gasteiger partial charge in [0.25, 0.3) is 5.91 Å². The fourth-order valence-electron chi connectivity index (χ4n) is 2.52. The van der Waals surface area contributed by atoms with E-state index in [-0.39, 0.29) is 5.91 Å². The molecule has 0 radical (unpaired) electrons. The Hall–Kier alpha value is -3.40. The highest BCUT2D eigenvalue weighted by molar-refractivity contribution is 6.13. The normalized spacial score (nSPS) is 11.1. The molecule has 4 nitrogen and oxygen atoms in total. The van der Waals surface area contributed by atoms with Crippen LogP contribution in [0.15, 0.2) is 84.0 Å². The van der Waals surface area contributed by atoms with Gasteiger partial charge in [0.15, 0.2) is 0 Å². The minimum Gasteiger partial charge on any atom is -0.497 e. The molecule has 1 N–H and O–H groups in total. The van der Waals surface area contributed by atoms with Crippen molar-refractivity contribution < 1.29 is 9.53 Å². The van der Waals surface area contributed by atoms with Gasteiger partial charge in [-0.25, -0.2) is 5.43 Å². The quantitative estimate of drug-likeness (QED) is 0.557. The minimum atomic E-state index is -0.270. The van der Waals surface area contributed by atoms with E-state index in [4.69, 9.17) is 4.74 Å². The summed E-state index contributed by atoms with van der Waals surface area (Å²) in [5.41, 5.74) is 6.94. The summed E-state index contributed by atoms with van der Waals surface area (Å²) in [6, 6.07) is 24.7. The fraction of sp³-hybridized carbons (Fsp3) is 0.0909. The number of carbonyl (C=O) groups is 1. The van der Waals surface area contributed by atoms with Crippen LogP contribution in [0.4, 0.5) is 0 Å². The van der Waals surface area contributed by atoms with E-state index in [9.17, 15) is 4.79 Å². The minimum absolute atomic E-state index is 0.270. The van der Waals surface area contributed by atoms with E-state index in [0.717, 1.165) is 11.1 Å². The van der Waals surface area contributed by atoms with Crippen molar-refractivity contribution in [2.45, 2.75) is 6.92 Å². The molecule has 0 spiro atoms. The van der Waals surface area contributed by atoms with Crippen molar-refractivity contribution in [1.82, 2.24) is 5.43 Å². The van der Waals surface area contributed by atoms with E-state index in [1.54, 1.807) is 31.4 Å². The zero-order valence-electron chi connectivity index (χ0n) is 14.8. The Morgan fingerprint density at radius 3 is 2.00 bits per heavy atom. The Labute approximate surface area is 153 Å². The molecule has 0 atom stereocenters. The number of carbonyl (C=O) groups excluding carboxylic acids is 1. The summed E-state index contributed by atoms with van der Waals surface area (Å²) in [6.45, 7) is 2.04. The third-order valence-corrected chi connectivity index (χ3v) is 3.99. The van der Waals surface area contributed by atoms with Gasteiger partial charge in [-0.3, -0.25) is 4.79 Å². The molecule has 0 aliphatic rings. The predicted octanol–water partition coefficient (Wildman–Crippen LogP) is 4.19. The van der Waals surface area contributed by atoms with Crippen molar-refractivity contribution in [3.8, 4) is 5.75 Å². The molecule has 0 saturated heterocycles. The first-order valence-electron chi connectivity index (χ1n) is 8.32. The molecule has 0 aliphatic heterocycles. The Bertz CT molecular complexity index is 899. The molecule has 3 aromatic rings. The first-order chi connectivity index (χ1) is 12.7. The lowest BCUT2D eigenvalue weighted by atomic mass is 10.0. The predicted molar refractivity (Wildman–Crippen MR) is 104 cm³/mol. The molecule has 0 heterocycles. The zero-order chi connectivity index (χ0) is 18.4.